The number of methoxy groups -OCH3 is 1. The van der Waals surface area contributed by atoms with Crippen molar-refractivity contribution in [2.45, 2.75) is 31.7 Å². The first-order valence-electron chi connectivity index (χ1n) is 4.77. The van der Waals surface area contributed by atoms with Crippen molar-refractivity contribution >= 4 is 12.0 Å². The number of primary amides is 1. The third-order valence-corrected chi connectivity index (χ3v) is 2.61. The number of esters is 1. The first-order chi connectivity index (χ1) is 6.63. The fourth-order valence-electron chi connectivity index (χ4n) is 1.84. The van der Waals surface area contributed by atoms with Crippen LogP contribution in [0.15, 0.2) is 0 Å². The van der Waals surface area contributed by atoms with E-state index in [1.165, 1.54) is 7.11 Å². The Morgan fingerprint density at radius 3 is 2.29 bits per heavy atom. The molecule has 0 aromatic carbocycles. The summed E-state index contributed by atoms with van der Waals surface area (Å²) in [6.45, 7) is 0. The van der Waals surface area contributed by atoms with Crippen LogP contribution in [0.3, 0.4) is 0 Å². The number of amides is 2. The van der Waals surface area contributed by atoms with Crippen LogP contribution < -0.4 is 11.1 Å². The van der Waals surface area contributed by atoms with E-state index in [1.54, 1.807) is 0 Å². The molecule has 14 heavy (non-hydrogen) atoms. The van der Waals surface area contributed by atoms with Gasteiger partial charge in [-0.3, -0.25) is 4.79 Å². The van der Waals surface area contributed by atoms with Crippen molar-refractivity contribution in [1.82, 2.24) is 5.32 Å². The Morgan fingerprint density at radius 1 is 1.29 bits per heavy atom. The zero-order valence-corrected chi connectivity index (χ0v) is 8.29. The van der Waals surface area contributed by atoms with Crippen molar-refractivity contribution in [3.8, 4) is 0 Å². The molecule has 1 fully saturated rings. The molecule has 2 amide bonds. The van der Waals surface area contributed by atoms with E-state index in [4.69, 9.17) is 5.73 Å². The Bertz CT molecular complexity index is 222. The number of urea groups is 1. The molecule has 1 aliphatic rings. The Kier molecular flexibility index (Phi) is 3.73. The summed E-state index contributed by atoms with van der Waals surface area (Å²) < 4.78 is 4.66. The second-order valence-corrected chi connectivity index (χ2v) is 3.58. The van der Waals surface area contributed by atoms with E-state index in [0.29, 0.717) is 0 Å². The molecule has 0 aromatic rings. The van der Waals surface area contributed by atoms with Crippen LogP contribution in [-0.4, -0.2) is 25.2 Å². The van der Waals surface area contributed by atoms with E-state index in [9.17, 15) is 9.59 Å². The molecule has 0 aromatic heterocycles. The van der Waals surface area contributed by atoms with E-state index >= 15 is 0 Å². The predicted octanol–water partition coefficient (Wildman–Crippen LogP) is 0.386. The lowest BCUT2D eigenvalue weighted by Gasteiger charge is -2.26. The van der Waals surface area contributed by atoms with E-state index in [1.807, 2.05) is 0 Å². The lowest BCUT2D eigenvalue weighted by molar-refractivity contribution is -0.146. The van der Waals surface area contributed by atoms with Crippen molar-refractivity contribution in [3.05, 3.63) is 0 Å². The number of carbonyl (C=O) groups is 2. The van der Waals surface area contributed by atoms with Crippen LogP contribution in [0.25, 0.3) is 0 Å². The average molecular weight is 200 g/mol. The van der Waals surface area contributed by atoms with Crippen LogP contribution in [0, 0.1) is 5.92 Å². The van der Waals surface area contributed by atoms with Crippen molar-refractivity contribution in [2.75, 3.05) is 7.11 Å². The summed E-state index contributed by atoms with van der Waals surface area (Å²) in [4.78, 5) is 21.7. The van der Waals surface area contributed by atoms with E-state index in [0.717, 1.165) is 25.7 Å². The smallest absolute Gasteiger partial charge is 0.312 e. The number of hydrogen-bond acceptors (Lipinski definition) is 3. The van der Waals surface area contributed by atoms with Gasteiger partial charge in [-0.1, -0.05) is 0 Å². The van der Waals surface area contributed by atoms with Crippen LogP contribution >= 0.6 is 0 Å². The monoisotopic (exact) mass is 200 g/mol. The minimum atomic E-state index is -0.494. The Hall–Kier alpha value is -1.26. The maximum atomic E-state index is 11.2. The van der Waals surface area contributed by atoms with Gasteiger partial charge < -0.3 is 15.8 Å². The summed E-state index contributed by atoms with van der Waals surface area (Å²) >= 11 is 0. The minimum absolute atomic E-state index is 0.00840. The van der Waals surface area contributed by atoms with Gasteiger partial charge in [0.05, 0.1) is 13.0 Å². The molecule has 5 heteroatoms. The fraction of sp³-hybridized carbons (Fsp3) is 0.778. The maximum Gasteiger partial charge on any atom is 0.312 e. The molecule has 1 rings (SSSR count). The number of hydrogen-bond donors (Lipinski definition) is 2. The summed E-state index contributed by atoms with van der Waals surface area (Å²) in [5, 5.41) is 2.65. The molecule has 1 aliphatic carbocycles. The second kappa shape index (κ2) is 4.83. The standard InChI is InChI=1S/C9H16N2O3/c1-14-8(12)6-2-4-7(5-3-6)11-9(10)13/h6-7H,2-5H2,1H3,(H3,10,11,13). The fourth-order valence-corrected chi connectivity index (χ4v) is 1.84. The average Bonchev–Trinajstić information content (AvgIpc) is 2.17. The molecular weight excluding hydrogens is 184 g/mol. The predicted molar refractivity (Wildman–Crippen MR) is 50.5 cm³/mol. The summed E-state index contributed by atoms with van der Waals surface area (Å²) in [5.74, 6) is -0.159. The Labute approximate surface area is 83.0 Å². The van der Waals surface area contributed by atoms with Crippen molar-refractivity contribution in [1.29, 1.82) is 0 Å². The molecule has 0 bridgehead atoms. The normalized spacial score (nSPS) is 26.6. The van der Waals surface area contributed by atoms with E-state index in [2.05, 4.69) is 10.1 Å². The molecular formula is C9H16N2O3. The zero-order valence-electron chi connectivity index (χ0n) is 8.29. The van der Waals surface area contributed by atoms with Gasteiger partial charge in [0.15, 0.2) is 0 Å². The highest BCUT2D eigenvalue weighted by Crippen LogP contribution is 2.24. The molecule has 0 radical (unpaired) electrons. The lowest BCUT2D eigenvalue weighted by atomic mass is 9.86. The third-order valence-electron chi connectivity index (χ3n) is 2.61. The zero-order chi connectivity index (χ0) is 10.6. The Morgan fingerprint density at radius 2 is 1.86 bits per heavy atom. The molecule has 1 saturated carbocycles. The number of rotatable bonds is 2. The molecule has 3 N–H and O–H groups in total. The van der Waals surface area contributed by atoms with Crippen LogP contribution in [0.4, 0.5) is 4.79 Å². The van der Waals surface area contributed by atoms with Crippen LogP contribution in [0.1, 0.15) is 25.7 Å². The highest BCUT2D eigenvalue weighted by molar-refractivity contribution is 5.73. The lowest BCUT2D eigenvalue weighted by Crippen LogP contribution is -2.41. The second-order valence-electron chi connectivity index (χ2n) is 3.58. The van der Waals surface area contributed by atoms with Crippen molar-refractivity contribution < 1.29 is 14.3 Å². The minimum Gasteiger partial charge on any atom is -0.469 e. The maximum absolute atomic E-state index is 11.2. The first kappa shape index (κ1) is 10.8. The van der Waals surface area contributed by atoms with Crippen molar-refractivity contribution in [2.24, 2.45) is 11.7 Å². The van der Waals surface area contributed by atoms with Crippen molar-refractivity contribution in [3.63, 3.8) is 0 Å². The quantitative estimate of drug-likeness (QED) is 0.632. The number of ether oxygens (including phenoxy) is 1. The molecule has 80 valence electrons. The van der Waals surface area contributed by atoms with Crippen LogP contribution in [-0.2, 0) is 9.53 Å². The van der Waals surface area contributed by atoms with Gasteiger partial charge in [-0.2, -0.15) is 0 Å². The van der Waals surface area contributed by atoms with E-state index in [-0.39, 0.29) is 17.9 Å². The molecule has 5 nitrogen and oxygen atoms in total. The van der Waals surface area contributed by atoms with Gasteiger partial charge in [-0.25, -0.2) is 4.79 Å². The summed E-state index contributed by atoms with van der Waals surface area (Å²) in [6, 6.07) is -0.375. The molecule has 0 unspecified atom stereocenters. The van der Waals surface area contributed by atoms with E-state index < -0.39 is 6.03 Å². The van der Waals surface area contributed by atoms with Gasteiger partial charge in [0, 0.05) is 6.04 Å². The molecule has 0 saturated heterocycles. The first-order valence-corrected chi connectivity index (χ1v) is 4.77. The number of nitrogens with two attached hydrogens (primary N) is 1. The molecule has 0 aliphatic heterocycles. The summed E-state index contributed by atoms with van der Waals surface area (Å²) in [7, 11) is 1.40. The van der Waals surface area contributed by atoms with Gasteiger partial charge in [0.25, 0.3) is 0 Å². The van der Waals surface area contributed by atoms with Gasteiger partial charge in [0.2, 0.25) is 0 Å². The molecule has 0 spiro atoms. The molecule has 0 heterocycles. The van der Waals surface area contributed by atoms with Gasteiger partial charge in [-0.15, -0.1) is 0 Å². The van der Waals surface area contributed by atoms with Gasteiger partial charge >= 0.3 is 12.0 Å². The van der Waals surface area contributed by atoms with Crippen LogP contribution in [0.2, 0.25) is 0 Å². The summed E-state index contributed by atoms with van der Waals surface area (Å²) in [5.41, 5.74) is 5.00. The van der Waals surface area contributed by atoms with Gasteiger partial charge in [-0.05, 0) is 25.7 Å². The highest BCUT2D eigenvalue weighted by atomic mass is 16.5. The third kappa shape index (κ3) is 2.90. The number of nitrogens with one attached hydrogen (secondary N) is 1. The highest BCUT2D eigenvalue weighted by Gasteiger charge is 2.27. The number of carbonyl (C=O) groups excluding carboxylic acids is 2. The van der Waals surface area contributed by atoms with Crippen LogP contribution in [0.5, 0.6) is 0 Å². The Balaban J connectivity index is 2.31. The largest absolute Gasteiger partial charge is 0.469 e. The SMILES string of the molecule is COC(=O)C1CCC(NC(N)=O)CC1. The molecule has 0 atom stereocenters. The van der Waals surface area contributed by atoms with Gasteiger partial charge in [0.1, 0.15) is 0 Å². The summed E-state index contributed by atoms with van der Waals surface area (Å²) in [6.07, 6.45) is 3.11. The topological polar surface area (TPSA) is 81.4 Å².